The largest absolute Gasteiger partial charge is 0.270 e. The van der Waals surface area contributed by atoms with Crippen molar-refractivity contribution in [1.29, 1.82) is 0 Å². The lowest BCUT2D eigenvalue weighted by Crippen LogP contribution is -2.40. The Morgan fingerprint density at radius 1 is 1.60 bits per heavy atom. The summed E-state index contributed by atoms with van der Waals surface area (Å²) in [5.41, 5.74) is 4.44. The van der Waals surface area contributed by atoms with Gasteiger partial charge in [0, 0.05) is 0 Å². The molecule has 1 aliphatic rings. The van der Waals surface area contributed by atoms with E-state index in [4.69, 9.17) is 4.18 Å². The third kappa shape index (κ3) is 2.94. The van der Waals surface area contributed by atoms with Crippen molar-refractivity contribution in [3.8, 4) is 0 Å². The molecule has 1 atom stereocenters. The molecule has 0 aliphatic heterocycles. The Hall–Kier alpha value is -0.570. The molecule has 0 aromatic heterocycles. The molecule has 1 rings (SSSR count). The second-order valence-corrected chi connectivity index (χ2v) is 6.17. The second kappa shape index (κ2) is 4.12. The Bertz CT molecular complexity index is 398. The molecule has 0 aromatic rings. The molecule has 4 heteroatoms. The van der Waals surface area contributed by atoms with E-state index in [1.165, 1.54) is 5.57 Å². The van der Waals surface area contributed by atoms with Crippen LogP contribution in [-0.2, 0) is 14.3 Å². The van der Waals surface area contributed by atoms with E-state index < -0.39 is 10.1 Å². The second-order valence-electron chi connectivity index (χ2n) is 4.52. The molecule has 0 bridgehead atoms. The van der Waals surface area contributed by atoms with Crippen molar-refractivity contribution in [2.24, 2.45) is 11.3 Å². The maximum absolute atomic E-state index is 10.8. The minimum absolute atomic E-state index is 0.0111. The fourth-order valence-corrected chi connectivity index (χ4v) is 2.18. The van der Waals surface area contributed by atoms with Crippen LogP contribution < -0.4 is 0 Å². The lowest BCUT2D eigenvalue weighted by Gasteiger charge is -2.45. The molecule has 1 aliphatic carbocycles. The van der Waals surface area contributed by atoms with Crippen molar-refractivity contribution in [3.63, 3.8) is 0 Å². The normalized spacial score (nSPS) is 24.3. The van der Waals surface area contributed by atoms with Crippen LogP contribution in [0.15, 0.2) is 17.4 Å². The van der Waals surface area contributed by atoms with E-state index in [1.54, 1.807) is 0 Å². The van der Waals surface area contributed by atoms with Crippen LogP contribution in [0.25, 0.3) is 0 Å². The maximum atomic E-state index is 10.8. The van der Waals surface area contributed by atoms with Crippen LogP contribution in [0, 0.1) is 11.3 Å². The molecule has 3 nitrogen and oxygen atoms in total. The van der Waals surface area contributed by atoms with Gasteiger partial charge in [-0.1, -0.05) is 13.8 Å². The van der Waals surface area contributed by atoms with Crippen LogP contribution in [0.4, 0.5) is 0 Å². The Balaban J connectivity index is 2.61. The topological polar surface area (TPSA) is 43.4 Å². The van der Waals surface area contributed by atoms with Gasteiger partial charge in [-0.2, -0.15) is 8.42 Å². The lowest BCUT2D eigenvalue weighted by atomic mass is 9.59. The van der Waals surface area contributed by atoms with E-state index in [0.717, 1.165) is 12.7 Å². The smallest absolute Gasteiger partial charge is 0.264 e. The highest BCUT2D eigenvalue weighted by molar-refractivity contribution is 7.85. The molecule has 0 heterocycles. The van der Waals surface area contributed by atoms with Crippen molar-refractivity contribution in [3.05, 3.63) is 17.4 Å². The zero-order valence-electron chi connectivity index (χ0n) is 9.70. The van der Waals surface area contributed by atoms with E-state index in [0.29, 0.717) is 0 Å². The van der Waals surface area contributed by atoms with Gasteiger partial charge < -0.3 is 0 Å². The molecule has 0 amide bonds. The summed E-state index contributed by atoms with van der Waals surface area (Å²) in [6, 6.07) is 0. The summed E-state index contributed by atoms with van der Waals surface area (Å²) in [6.45, 7) is 6.40. The predicted molar refractivity (Wildman–Crippen MR) is 60.0 cm³/mol. The van der Waals surface area contributed by atoms with Crippen LogP contribution in [0.1, 0.15) is 27.2 Å². The molecule has 1 unspecified atom stereocenters. The highest BCUT2D eigenvalue weighted by Gasteiger charge is 2.43. The predicted octanol–water partition coefficient (Wildman–Crippen LogP) is 2.11. The van der Waals surface area contributed by atoms with Crippen LogP contribution in [0.5, 0.6) is 0 Å². The fourth-order valence-electron chi connectivity index (χ4n) is 1.77. The molecule has 0 aromatic carbocycles. The fraction of sp³-hybridized carbons (Fsp3) is 0.727. The number of hydrogen-bond acceptors (Lipinski definition) is 3. The summed E-state index contributed by atoms with van der Waals surface area (Å²) < 4.78 is 26.5. The van der Waals surface area contributed by atoms with Crippen LogP contribution in [0.3, 0.4) is 0 Å². The van der Waals surface area contributed by atoms with E-state index in [9.17, 15) is 8.42 Å². The molecule has 1 fully saturated rings. The number of hydrogen-bond donors (Lipinski definition) is 0. The van der Waals surface area contributed by atoms with Crippen LogP contribution in [0.2, 0.25) is 0 Å². The molecule has 0 N–H and O–H groups in total. The lowest BCUT2D eigenvalue weighted by molar-refractivity contribution is 0.101. The van der Waals surface area contributed by atoms with Gasteiger partial charge >= 0.3 is 0 Å². The first-order valence-corrected chi connectivity index (χ1v) is 6.84. The molecule has 0 spiro atoms. The van der Waals surface area contributed by atoms with Gasteiger partial charge in [0.2, 0.25) is 0 Å². The minimum Gasteiger partial charge on any atom is -0.270 e. The summed E-state index contributed by atoms with van der Waals surface area (Å²) >= 11 is 0. The third-order valence-corrected chi connectivity index (χ3v) is 3.62. The SMILES string of the molecule is CC=C=C1CC(COS(C)(=O)=O)C1(C)C. The van der Waals surface area contributed by atoms with Crippen LogP contribution >= 0.6 is 0 Å². The van der Waals surface area contributed by atoms with Gasteiger partial charge in [-0.25, -0.2) is 0 Å². The molecule has 0 saturated heterocycles. The van der Waals surface area contributed by atoms with Crippen LogP contribution in [-0.4, -0.2) is 21.3 Å². The van der Waals surface area contributed by atoms with E-state index in [2.05, 4.69) is 19.6 Å². The minimum atomic E-state index is -3.31. The maximum Gasteiger partial charge on any atom is 0.264 e. The monoisotopic (exact) mass is 230 g/mol. The Labute approximate surface area is 92.0 Å². The average Bonchev–Trinajstić information content (AvgIpc) is 2.08. The first-order chi connectivity index (χ1) is 6.77. The highest BCUT2D eigenvalue weighted by atomic mass is 32.2. The quantitative estimate of drug-likeness (QED) is 0.551. The molecular weight excluding hydrogens is 212 g/mol. The standard InChI is InChI=1S/C11H18O3S/c1-5-6-9-7-10(11(9,2)3)8-14-15(4,12)13/h5,10H,7-8H2,1-4H3. The van der Waals surface area contributed by atoms with Crippen molar-refractivity contribution in [1.82, 2.24) is 0 Å². The summed E-state index contributed by atoms with van der Waals surface area (Å²) in [5, 5.41) is 0. The molecule has 15 heavy (non-hydrogen) atoms. The van der Waals surface area contributed by atoms with Gasteiger partial charge in [0.1, 0.15) is 0 Å². The van der Waals surface area contributed by atoms with Crippen molar-refractivity contribution in [2.45, 2.75) is 27.2 Å². The summed E-state index contributed by atoms with van der Waals surface area (Å²) in [7, 11) is -3.31. The molecular formula is C11H18O3S. The summed E-state index contributed by atoms with van der Waals surface area (Å²) in [6.07, 6.45) is 3.86. The highest BCUT2D eigenvalue weighted by Crippen LogP contribution is 2.50. The Morgan fingerprint density at radius 3 is 2.60 bits per heavy atom. The van der Waals surface area contributed by atoms with Gasteiger partial charge in [0.05, 0.1) is 12.9 Å². The zero-order valence-corrected chi connectivity index (χ0v) is 10.5. The van der Waals surface area contributed by atoms with Gasteiger partial charge in [-0.3, -0.25) is 4.18 Å². The summed E-state index contributed by atoms with van der Waals surface area (Å²) in [5.74, 6) is 0.273. The van der Waals surface area contributed by atoms with Crippen molar-refractivity contribution < 1.29 is 12.6 Å². The average molecular weight is 230 g/mol. The van der Waals surface area contributed by atoms with Gasteiger partial charge in [0.25, 0.3) is 10.1 Å². The Morgan fingerprint density at radius 2 is 2.20 bits per heavy atom. The zero-order chi connectivity index (χ0) is 11.7. The van der Waals surface area contributed by atoms with Gasteiger partial charge in [-0.05, 0) is 36.3 Å². The third-order valence-electron chi connectivity index (χ3n) is 3.05. The Kier molecular flexibility index (Phi) is 3.44. The molecule has 1 saturated carbocycles. The first-order valence-electron chi connectivity index (χ1n) is 5.02. The first kappa shape index (κ1) is 12.5. The molecule has 0 radical (unpaired) electrons. The number of allylic oxidation sites excluding steroid dienone is 1. The van der Waals surface area contributed by atoms with Crippen molar-refractivity contribution in [2.75, 3.05) is 12.9 Å². The van der Waals surface area contributed by atoms with Gasteiger partial charge in [-0.15, -0.1) is 5.73 Å². The van der Waals surface area contributed by atoms with E-state index >= 15 is 0 Å². The summed E-state index contributed by atoms with van der Waals surface area (Å²) in [4.78, 5) is 0. The van der Waals surface area contributed by atoms with Gasteiger partial charge in [0.15, 0.2) is 0 Å². The van der Waals surface area contributed by atoms with E-state index in [1.807, 2.05) is 13.0 Å². The molecule has 86 valence electrons. The van der Waals surface area contributed by atoms with Crippen molar-refractivity contribution >= 4 is 10.1 Å². The number of rotatable bonds is 3. The van der Waals surface area contributed by atoms with E-state index in [-0.39, 0.29) is 17.9 Å².